The maximum atomic E-state index is 9.53. The van der Waals surface area contributed by atoms with Crippen LogP contribution in [0.25, 0.3) is 0 Å². The summed E-state index contributed by atoms with van der Waals surface area (Å²) in [4.78, 5) is 4.24. The summed E-state index contributed by atoms with van der Waals surface area (Å²) in [5.41, 5.74) is 5.46. The Kier molecular flexibility index (Phi) is 6.60. The third-order valence-electron chi connectivity index (χ3n) is 4.59. The third kappa shape index (κ3) is 4.67. The lowest BCUT2D eigenvalue weighted by Gasteiger charge is -2.36. The van der Waals surface area contributed by atoms with E-state index >= 15 is 0 Å². The first kappa shape index (κ1) is 16.3. The van der Waals surface area contributed by atoms with Crippen LogP contribution >= 0.6 is 12.4 Å². The van der Waals surface area contributed by atoms with Crippen LogP contribution in [0.3, 0.4) is 0 Å². The van der Waals surface area contributed by atoms with E-state index in [1.165, 1.54) is 25.7 Å². The molecule has 2 aliphatic carbocycles. The van der Waals surface area contributed by atoms with Crippen molar-refractivity contribution in [1.29, 1.82) is 5.26 Å². The van der Waals surface area contributed by atoms with Crippen LogP contribution in [-0.4, -0.2) is 23.1 Å². The first-order chi connectivity index (χ1) is 8.69. The molecule has 0 radical (unpaired) electrons. The number of nitrogens with zero attached hydrogens (tertiary/aromatic N) is 2. The maximum absolute atomic E-state index is 9.53. The van der Waals surface area contributed by atoms with Crippen LogP contribution in [0.5, 0.6) is 0 Å². The number of nitrogens with two attached hydrogens (primary N) is 1. The monoisotopic (exact) mass is 285 g/mol. The minimum absolute atomic E-state index is 0. The largest absolute Gasteiger partial charge is 0.393 e. The highest BCUT2D eigenvalue weighted by molar-refractivity contribution is 5.95. The van der Waals surface area contributed by atoms with Crippen LogP contribution in [0.1, 0.15) is 51.4 Å². The summed E-state index contributed by atoms with van der Waals surface area (Å²) in [7, 11) is 0. The number of nitriles is 1. The van der Waals surface area contributed by atoms with Crippen molar-refractivity contribution in [2.45, 2.75) is 63.5 Å². The Bertz CT molecular complexity index is 337. The highest BCUT2D eigenvalue weighted by atomic mass is 35.5. The minimum atomic E-state index is -0.0578. The quantitative estimate of drug-likeness (QED) is 0.604. The molecule has 3 N–H and O–H groups in total. The van der Waals surface area contributed by atoms with Crippen molar-refractivity contribution in [2.75, 3.05) is 0 Å². The topological polar surface area (TPSA) is 82.4 Å². The maximum Gasteiger partial charge on any atom is 0.199 e. The average molecular weight is 286 g/mol. The first-order valence-electron chi connectivity index (χ1n) is 7.10. The third-order valence-corrected chi connectivity index (χ3v) is 4.59. The Morgan fingerprint density at radius 3 is 1.95 bits per heavy atom. The van der Waals surface area contributed by atoms with Gasteiger partial charge in [-0.2, -0.15) is 5.26 Å². The number of halogens is 1. The van der Waals surface area contributed by atoms with E-state index in [0.29, 0.717) is 0 Å². The molecule has 5 heteroatoms. The number of aliphatic hydroxyl groups excluding tert-OH is 1. The van der Waals surface area contributed by atoms with Crippen LogP contribution in [0, 0.1) is 23.2 Å². The molecule has 2 aliphatic rings. The number of amidine groups is 1. The van der Waals surface area contributed by atoms with Crippen molar-refractivity contribution in [2.24, 2.45) is 22.6 Å². The fourth-order valence-electron chi connectivity index (χ4n) is 3.50. The molecule has 0 unspecified atom stereocenters. The fraction of sp³-hybridized carbons (Fsp3) is 0.857. The van der Waals surface area contributed by atoms with E-state index in [-0.39, 0.29) is 30.4 Å². The van der Waals surface area contributed by atoms with Crippen LogP contribution < -0.4 is 5.73 Å². The van der Waals surface area contributed by atoms with E-state index in [0.717, 1.165) is 37.5 Å². The zero-order valence-electron chi connectivity index (χ0n) is 11.3. The summed E-state index contributed by atoms with van der Waals surface area (Å²) in [6.07, 6.45) is 8.78. The zero-order chi connectivity index (χ0) is 13.0. The molecule has 4 nitrogen and oxygen atoms in total. The number of aliphatic hydroxyl groups is 1. The number of hydrogen-bond acceptors (Lipinski definition) is 3. The molecule has 0 aromatic rings. The minimum Gasteiger partial charge on any atom is -0.393 e. The molecule has 2 rings (SSSR count). The fourth-order valence-corrected chi connectivity index (χ4v) is 3.50. The van der Waals surface area contributed by atoms with Gasteiger partial charge in [-0.3, -0.25) is 4.99 Å². The molecule has 0 heterocycles. The molecule has 0 spiro atoms. The summed E-state index contributed by atoms with van der Waals surface area (Å²) >= 11 is 0. The van der Waals surface area contributed by atoms with Gasteiger partial charge < -0.3 is 10.8 Å². The second kappa shape index (κ2) is 7.72. The van der Waals surface area contributed by atoms with Crippen LogP contribution in [0.2, 0.25) is 0 Å². The SMILES string of the molecule is Cl.N#CC(N)=NC1CCC(C2CCC(O)CC2)CC1. The van der Waals surface area contributed by atoms with Crippen molar-refractivity contribution in [3.63, 3.8) is 0 Å². The van der Waals surface area contributed by atoms with Gasteiger partial charge in [-0.05, 0) is 63.2 Å². The van der Waals surface area contributed by atoms with Gasteiger partial charge in [0.15, 0.2) is 5.84 Å². The van der Waals surface area contributed by atoms with Gasteiger partial charge in [0.1, 0.15) is 6.07 Å². The second-order valence-electron chi connectivity index (χ2n) is 5.76. The Morgan fingerprint density at radius 2 is 1.47 bits per heavy atom. The summed E-state index contributed by atoms with van der Waals surface area (Å²) in [6.45, 7) is 0. The van der Waals surface area contributed by atoms with Gasteiger partial charge in [-0.1, -0.05) is 0 Å². The van der Waals surface area contributed by atoms with Gasteiger partial charge in [0, 0.05) is 0 Å². The van der Waals surface area contributed by atoms with E-state index in [2.05, 4.69) is 4.99 Å². The molecule has 0 aliphatic heterocycles. The van der Waals surface area contributed by atoms with Crippen molar-refractivity contribution in [1.82, 2.24) is 0 Å². The Labute approximate surface area is 121 Å². The molecule has 0 aromatic heterocycles. The normalized spacial score (nSPS) is 36.1. The number of hydrogen-bond donors (Lipinski definition) is 2. The van der Waals surface area contributed by atoms with Gasteiger partial charge in [0.05, 0.1) is 12.1 Å². The van der Waals surface area contributed by atoms with Crippen molar-refractivity contribution >= 4 is 18.2 Å². The Balaban J connectivity index is 0.00000180. The van der Waals surface area contributed by atoms with Crippen LogP contribution in [-0.2, 0) is 0 Å². The molecule has 19 heavy (non-hydrogen) atoms. The highest BCUT2D eigenvalue weighted by Gasteiger charge is 2.30. The van der Waals surface area contributed by atoms with Crippen LogP contribution in [0.15, 0.2) is 4.99 Å². The van der Waals surface area contributed by atoms with Crippen molar-refractivity contribution in [3.05, 3.63) is 0 Å². The van der Waals surface area contributed by atoms with E-state index in [1.54, 1.807) is 0 Å². The molecule has 2 saturated carbocycles. The molecular weight excluding hydrogens is 262 g/mol. The van der Waals surface area contributed by atoms with E-state index in [4.69, 9.17) is 11.0 Å². The Hall–Kier alpha value is -0.790. The summed E-state index contributed by atoms with van der Waals surface area (Å²) in [6, 6.07) is 2.15. The molecule has 0 amide bonds. The molecule has 2 fully saturated rings. The lowest BCUT2D eigenvalue weighted by atomic mass is 9.72. The van der Waals surface area contributed by atoms with E-state index < -0.39 is 0 Å². The summed E-state index contributed by atoms with van der Waals surface area (Å²) < 4.78 is 0. The average Bonchev–Trinajstić information content (AvgIpc) is 2.40. The molecule has 108 valence electrons. The van der Waals surface area contributed by atoms with Gasteiger partial charge in [-0.25, -0.2) is 0 Å². The summed E-state index contributed by atoms with van der Waals surface area (Å²) in [5, 5.41) is 18.1. The lowest BCUT2D eigenvalue weighted by molar-refractivity contribution is 0.0807. The first-order valence-corrected chi connectivity index (χ1v) is 7.10. The second-order valence-corrected chi connectivity index (χ2v) is 5.76. The van der Waals surface area contributed by atoms with Gasteiger partial charge in [-0.15, -0.1) is 12.4 Å². The molecule has 0 bridgehead atoms. The molecular formula is C14H24ClN3O. The smallest absolute Gasteiger partial charge is 0.199 e. The molecule has 0 saturated heterocycles. The number of aliphatic imine (C=N–C) groups is 1. The Morgan fingerprint density at radius 1 is 1.00 bits per heavy atom. The van der Waals surface area contributed by atoms with Crippen molar-refractivity contribution in [3.8, 4) is 6.07 Å². The zero-order valence-corrected chi connectivity index (χ0v) is 12.1. The van der Waals surface area contributed by atoms with Gasteiger partial charge >= 0.3 is 0 Å². The molecule has 0 atom stereocenters. The van der Waals surface area contributed by atoms with E-state index in [9.17, 15) is 5.11 Å². The predicted octanol–water partition coefficient (Wildman–Crippen LogP) is 2.40. The lowest BCUT2D eigenvalue weighted by Crippen LogP contribution is -2.28. The summed E-state index contributed by atoms with van der Waals surface area (Å²) in [5.74, 6) is 1.72. The number of rotatable bonds is 2. The predicted molar refractivity (Wildman–Crippen MR) is 78.2 cm³/mol. The van der Waals surface area contributed by atoms with Gasteiger partial charge in [0.2, 0.25) is 0 Å². The van der Waals surface area contributed by atoms with Gasteiger partial charge in [0.25, 0.3) is 0 Å². The van der Waals surface area contributed by atoms with E-state index in [1.807, 2.05) is 6.07 Å². The standard InChI is InChI=1S/C14H23N3O.ClH/c15-9-14(16)17-12-5-1-10(2-6-12)11-3-7-13(18)8-4-11;/h10-13,18H,1-8H2,(H2,16,17);1H. The molecule has 0 aromatic carbocycles. The van der Waals surface area contributed by atoms with Crippen molar-refractivity contribution < 1.29 is 5.11 Å². The van der Waals surface area contributed by atoms with Crippen LogP contribution in [0.4, 0.5) is 0 Å². The highest BCUT2D eigenvalue weighted by Crippen LogP contribution is 2.38.